The number of benzene rings is 2. The fraction of sp³-hybridized carbons (Fsp3) is 0.333. The van der Waals surface area contributed by atoms with Gasteiger partial charge in [-0.3, -0.25) is 9.59 Å². The van der Waals surface area contributed by atoms with Gasteiger partial charge in [-0.15, -0.1) is 0 Å². The lowest BCUT2D eigenvalue weighted by Crippen LogP contribution is -2.23. The van der Waals surface area contributed by atoms with Crippen LogP contribution in [0.2, 0.25) is 0 Å². The zero-order valence-corrected chi connectivity index (χ0v) is 19.2. The first-order chi connectivity index (χ1) is 15.7. The van der Waals surface area contributed by atoms with Crippen LogP contribution in [0.15, 0.2) is 30.3 Å². The van der Waals surface area contributed by atoms with Gasteiger partial charge in [0.1, 0.15) is 22.8 Å². The first-order valence-electron chi connectivity index (χ1n) is 9.43. The minimum absolute atomic E-state index is 0.115. The van der Waals surface area contributed by atoms with Crippen molar-refractivity contribution in [2.75, 3.05) is 27.5 Å². The van der Waals surface area contributed by atoms with E-state index in [9.17, 15) is 40.5 Å². The van der Waals surface area contributed by atoms with E-state index in [0.29, 0.717) is 6.07 Å². The third kappa shape index (κ3) is 4.91. The largest absolute Gasteiger partial charge is 0.496 e. The molecule has 0 saturated heterocycles. The van der Waals surface area contributed by atoms with Crippen LogP contribution in [0.3, 0.4) is 0 Å². The minimum Gasteiger partial charge on any atom is -0.496 e. The third-order valence-corrected chi connectivity index (χ3v) is 7.57. The molecule has 2 aromatic rings. The van der Waals surface area contributed by atoms with E-state index in [1.165, 1.54) is 7.11 Å². The van der Waals surface area contributed by atoms with Crippen molar-refractivity contribution in [2.45, 2.75) is 19.3 Å². The van der Waals surface area contributed by atoms with Gasteiger partial charge in [0.2, 0.25) is 18.2 Å². The van der Waals surface area contributed by atoms with Gasteiger partial charge in [0.15, 0.2) is 0 Å². The molecular formula is C21H19F6O6P. The SMILES string of the molecule is CCP(=O)(C(=O)c1c(OC)cc(OC)cc1OC)C(=O)c1c(C(F)(F)F)cccc1C(F)(F)F. The highest BCUT2D eigenvalue weighted by Gasteiger charge is 2.49. The second kappa shape index (κ2) is 9.69. The molecule has 186 valence electrons. The van der Waals surface area contributed by atoms with Crippen LogP contribution in [0, 0.1) is 0 Å². The molecular weight excluding hydrogens is 493 g/mol. The summed E-state index contributed by atoms with van der Waals surface area (Å²) in [6.45, 7) is 1.04. The van der Waals surface area contributed by atoms with Crippen LogP contribution in [0.25, 0.3) is 0 Å². The number of carbonyl (C=O) groups excluding carboxylic acids is 2. The maximum atomic E-state index is 13.7. The molecule has 6 nitrogen and oxygen atoms in total. The topological polar surface area (TPSA) is 78.9 Å². The molecule has 0 N–H and O–H groups in total. The number of halogens is 6. The summed E-state index contributed by atoms with van der Waals surface area (Å²) in [5.41, 5.74) is -9.96. The highest BCUT2D eigenvalue weighted by Crippen LogP contribution is 2.57. The van der Waals surface area contributed by atoms with Crippen LogP contribution >= 0.6 is 7.14 Å². The monoisotopic (exact) mass is 512 g/mol. The first-order valence-corrected chi connectivity index (χ1v) is 11.3. The van der Waals surface area contributed by atoms with Crippen molar-refractivity contribution in [3.63, 3.8) is 0 Å². The number of ether oxygens (including phenoxy) is 3. The fourth-order valence-corrected chi connectivity index (χ4v) is 5.15. The average Bonchev–Trinajstić information content (AvgIpc) is 2.79. The second-order valence-corrected chi connectivity index (χ2v) is 9.72. The smallest absolute Gasteiger partial charge is 0.417 e. The van der Waals surface area contributed by atoms with Gasteiger partial charge in [0.25, 0.3) is 0 Å². The zero-order chi connectivity index (χ0) is 26.1. The fourth-order valence-electron chi connectivity index (χ4n) is 3.21. The molecule has 2 rings (SSSR count). The molecule has 0 spiro atoms. The molecule has 34 heavy (non-hydrogen) atoms. The Morgan fingerprint density at radius 3 is 1.53 bits per heavy atom. The Kier molecular flexibility index (Phi) is 7.77. The van der Waals surface area contributed by atoms with Crippen molar-refractivity contribution >= 4 is 18.2 Å². The van der Waals surface area contributed by atoms with Gasteiger partial charge in [-0.2, -0.15) is 26.3 Å². The lowest BCUT2D eigenvalue weighted by Gasteiger charge is -2.22. The predicted molar refractivity (Wildman–Crippen MR) is 109 cm³/mol. The minimum atomic E-state index is -5.40. The van der Waals surface area contributed by atoms with Crippen LogP contribution in [0.4, 0.5) is 26.3 Å². The van der Waals surface area contributed by atoms with Crippen molar-refractivity contribution in [2.24, 2.45) is 0 Å². The van der Waals surface area contributed by atoms with E-state index in [-0.39, 0.29) is 29.4 Å². The van der Waals surface area contributed by atoms with Crippen molar-refractivity contribution in [3.05, 3.63) is 52.6 Å². The molecule has 0 aliphatic carbocycles. The van der Waals surface area contributed by atoms with E-state index in [4.69, 9.17) is 14.2 Å². The van der Waals surface area contributed by atoms with E-state index in [0.717, 1.165) is 33.3 Å². The number of alkyl halides is 6. The summed E-state index contributed by atoms with van der Waals surface area (Å²) in [4.78, 5) is 26.5. The molecule has 0 heterocycles. The second-order valence-electron chi connectivity index (χ2n) is 6.80. The molecule has 0 fully saturated rings. The van der Waals surface area contributed by atoms with Crippen LogP contribution in [-0.2, 0) is 16.9 Å². The molecule has 0 radical (unpaired) electrons. The molecule has 0 aliphatic heterocycles. The average molecular weight is 512 g/mol. The summed E-state index contributed by atoms with van der Waals surface area (Å²) in [5, 5.41) is 0. The maximum absolute atomic E-state index is 13.7. The molecule has 0 bridgehead atoms. The summed E-state index contributed by atoms with van der Waals surface area (Å²) in [5.74, 6) is -0.490. The van der Waals surface area contributed by atoms with E-state index in [1.807, 2.05) is 0 Å². The van der Waals surface area contributed by atoms with Gasteiger partial charge >= 0.3 is 12.4 Å². The van der Waals surface area contributed by atoms with Gasteiger partial charge < -0.3 is 18.8 Å². The summed E-state index contributed by atoms with van der Waals surface area (Å²) in [6.07, 6.45) is -11.7. The highest BCUT2D eigenvalue weighted by molar-refractivity contribution is 7.95. The Balaban J connectivity index is 2.86. The molecule has 0 aromatic heterocycles. The van der Waals surface area contributed by atoms with Crippen molar-refractivity contribution in [1.82, 2.24) is 0 Å². The van der Waals surface area contributed by atoms with Crippen LogP contribution < -0.4 is 14.2 Å². The lowest BCUT2D eigenvalue weighted by atomic mass is 10.0. The van der Waals surface area contributed by atoms with Crippen LogP contribution in [0.1, 0.15) is 38.8 Å². The lowest BCUT2D eigenvalue weighted by molar-refractivity contribution is -0.143. The van der Waals surface area contributed by atoms with Crippen molar-refractivity contribution < 1.29 is 54.7 Å². The molecule has 0 aliphatic rings. The van der Waals surface area contributed by atoms with E-state index >= 15 is 0 Å². The number of hydrogen-bond donors (Lipinski definition) is 0. The number of carbonyl (C=O) groups is 2. The summed E-state index contributed by atoms with van der Waals surface area (Å²) in [7, 11) is -1.63. The van der Waals surface area contributed by atoms with Crippen LogP contribution in [0.5, 0.6) is 17.2 Å². The predicted octanol–water partition coefficient (Wildman–Crippen LogP) is 6.11. The zero-order valence-electron chi connectivity index (χ0n) is 18.3. The number of hydrogen-bond acceptors (Lipinski definition) is 6. The van der Waals surface area contributed by atoms with Gasteiger partial charge in [0.05, 0.1) is 38.0 Å². The Hall–Kier alpha value is -3.01. The molecule has 1 unspecified atom stereocenters. The van der Waals surface area contributed by atoms with Gasteiger partial charge in [0, 0.05) is 18.3 Å². The summed E-state index contributed by atoms with van der Waals surface area (Å²) >= 11 is 0. The number of methoxy groups -OCH3 is 3. The molecule has 13 heteroatoms. The maximum Gasteiger partial charge on any atom is 0.417 e. The molecule has 1 atom stereocenters. The molecule has 2 aromatic carbocycles. The van der Waals surface area contributed by atoms with Gasteiger partial charge in [-0.25, -0.2) is 0 Å². The van der Waals surface area contributed by atoms with Crippen LogP contribution in [-0.4, -0.2) is 38.5 Å². The highest BCUT2D eigenvalue weighted by atomic mass is 31.2. The Labute approximate surface area is 190 Å². The van der Waals surface area contributed by atoms with Crippen molar-refractivity contribution in [3.8, 4) is 17.2 Å². The normalized spacial score (nSPS) is 13.7. The standard InChI is InChI=1S/C21H19F6O6P/c1-5-34(30,19(29)17-14(32-3)9-11(31-2)10-15(17)33-4)18(28)16-12(20(22,23)24)7-6-8-13(16)21(25,26)27/h6-10H,5H2,1-4H3. The van der Waals surface area contributed by atoms with E-state index < -0.39 is 59.0 Å². The molecule has 0 saturated carbocycles. The first kappa shape index (κ1) is 27.2. The summed E-state index contributed by atoms with van der Waals surface area (Å²) < 4.78 is 110. The third-order valence-electron chi connectivity index (χ3n) is 4.92. The van der Waals surface area contributed by atoms with E-state index in [2.05, 4.69) is 0 Å². The summed E-state index contributed by atoms with van der Waals surface area (Å²) in [6, 6.07) is 3.29. The van der Waals surface area contributed by atoms with Gasteiger partial charge in [-0.1, -0.05) is 13.0 Å². The van der Waals surface area contributed by atoms with Gasteiger partial charge in [-0.05, 0) is 12.1 Å². The van der Waals surface area contributed by atoms with E-state index in [1.54, 1.807) is 0 Å². The Bertz CT molecular complexity index is 1100. The Morgan fingerprint density at radius 1 is 0.794 bits per heavy atom. The number of rotatable bonds is 8. The van der Waals surface area contributed by atoms with Crippen molar-refractivity contribution in [1.29, 1.82) is 0 Å². The molecule has 0 amide bonds. The quantitative estimate of drug-likeness (QED) is 0.314. The Morgan fingerprint density at radius 2 is 1.21 bits per heavy atom.